The maximum atomic E-state index is 13.5. The quantitative estimate of drug-likeness (QED) is 0.608. The standard InChI is InChI=1S/C21H26FN3O3/c1-4-19(15-7-9-17(28-3)10-8-15)25-21(27)24-12-11-23-20(26)16-6-5-14(2)18(22)13-16/h5-10,13,19H,4,11-12H2,1-3H3,(H,23,26)(H2,24,25,27). The molecule has 0 bridgehead atoms. The minimum absolute atomic E-state index is 0.129. The van der Waals surface area contributed by atoms with Gasteiger partial charge in [-0.05, 0) is 48.7 Å². The summed E-state index contributed by atoms with van der Waals surface area (Å²) in [5.74, 6) is -0.0488. The minimum Gasteiger partial charge on any atom is -0.497 e. The first-order valence-corrected chi connectivity index (χ1v) is 9.17. The van der Waals surface area contributed by atoms with E-state index in [2.05, 4.69) is 16.0 Å². The minimum atomic E-state index is -0.422. The van der Waals surface area contributed by atoms with E-state index in [0.29, 0.717) is 5.56 Å². The fraction of sp³-hybridized carbons (Fsp3) is 0.333. The van der Waals surface area contributed by atoms with E-state index in [4.69, 9.17) is 4.74 Å². The summed E-state index contributed by atoms with van der Waals surface area (Å²) in [7, 11) is 1.60. The molecule has 3 N–H and O–H groups in total. The van der Waals surface area contributed by atoms with Crippen molar-refractivity contribution in [3.63, 3.8) is 0 Å². The van der Waals surface area contributed by atoms with Crippen LogP contribution in [0.1, 0.15) is 40.9 Å². The van der Waals surface area contributed by atoms with Gasteiger partial charge in [0.15, 0.2) is 0 Å². The first kappa shape index (κ1) is 21.2. The molecular weight excluding hydrogens is 361 g/mol. The lowest BCUT2D eigenvalue weighted by Crippen LogP contribution is -2.41. The number of hydrogen-bond acceptors (Lipinski definition) is 3. The number of urea groups is 1. The number of rotatable bonds is 8. The summed E-state index contributed by atoms with van der Waals surface area (Å²) in [6.45, 7) is 4.11. The molecular formula is C21H26FN3O3. The average molecular weight is 387 g/mol. The highest BCUT2D eigenvalue weighted by Gasteiger charge is 2.13. The van der Waals surface area contributed by atoms with Gasteiger partial charge in [-0.2, -0.15) is 0 Å². The van der Waals surface area contributed by atoms with E-state index in [1.165, 1.54) is 6.07 Å². The molecule has 2 aromatic rings. The van der Waals surface area contributed by atoms with E-state index >= 15 is 0 Å². The number of hydrogen-bond donors (Lipinski definition) is 3. The molecule has 2 rings (SSSR count). The van der Waals surface area contributed by atoms with Crippen molar-refractivity contribution in [2.75, 3.05) is 20.2 Å². The van der Waals surface area contributed by atoms with Crippen LogP contribution in [0.3, 0.4) is 0 Å². The Morgan fingerprint density at radius 2 is 1.75 bits per heavy atom. The van der Waals surface area contributed by atoms with Crippen molar-refractivity contribution in [1.29, 1.82) is 0 Å². The SMILES string of the molecule is CCC(NC(=O)NCCNC(=O)c1ccc(C)c(F)c1)c1ccc(OC)cc1. The van der Waals surface area contributed by atoms with Crippen LogP contribution in [0.25, 0.3) is 0 Å². The Morgan fingerprint density at radius 1 is 1.07 bits per heavy atom. The average Bonchev–Trinajstić information content (AvgIpc) is 2.71. The molecule has 0 saturated carbocycles. The first-order chi connectivity index (χ1) is 13.4. The monoisotopic (exact) mass is 387 g/mol. The molecule has 150 valence electrons. The summed E-state index contributed by atoms with van der Waals surface area (Å²) in [4.78, 5) is 24.1. The van der Waals surface area contributed by atoms with Gasteiger partial charge in [-0.1, -0.05) is 25.1 Å². The van der Waals surface area contributed by atoms with Crippen molar-refractivity contribution in [2.45, 2.75) is 26.3 Å². The fourth-order valence-corrected chi connectivity index (χ4v) is 2.65. The number of halogens is 1. The van der Waals surface area contributed by atoms with Crippen LogP contribution in [-0.4, -0.2) is 32.1 Å². The smallest absolute Gasteiger partial charge is 0.315 e. The van der Waals surface area contributed by atoms with Crippen molar-refractivity contribution in [3.8, 4) is 5.75 Å². The van der Waals surface area contributed by atoms with Crippen LogP contribution in [0.4, 0.5) is 9.18 Å². The van der Waals surface area contributed by atoms with Crippen molar-refractivity contribution in [2.24, 2.45) is 0 Å². The molecule has 0 aliphatic carbocycles. The lowest BCUT2D eigenvalue weighted by Gasteiger charge is -2.18. The van der Waals surface area contributed by atoms with E-state index in [0.717, 1.165) is 17.7 Å². The molecule has 1 atom stereocenters. The van der Waals surface area contributed by atoms with Crippen LogP contribution >= 0.6 is 0 Å². The van der Waals surface area contributed by atoms with Gasteiger partial charge in [0.05, 0.1) is 13.2 Å². The highest BCUT2D eigenvalue weighted by molar-refractivity contribution is 5.94. The third-order valence-electron chi connectivity index (χ3n) is 4.36. The van der Waals surface area contributed by atoms with Gasteiger partial charge in [-0.25, -0.2) is 9.18 Å². The number of benzene rings is 2. The predicted molar refractivity (Wildman–Crippen MR) is 106 cm³/mol. The van der Waals surface area contributed by atoms with Crippen molar-refractivity contribution in [1.82, 2.24) is 16.0 Å². The number of carbonyl (C=O) groups is 2. The Kier molecular flexibility index (Phi) is 7.80. The van der Waals surface area contributed by atoms with E-state index in [-0.39, 0.29) is 36.6 Å². The molecule has 3 amide bonds. The Bertz CT molecular complexity index is 809. The van der Waals surface area contributed by atoms with Crippen molar-refractivity contribution in [3.05, 3.63) is 65.0 Å². The fourth-order valence-electron chi connectivity index (χ4n) is 2.65. The first-order valence-electron chi connectivity index (χ1n) is 9.17. The molecule has 0 saturated heterocycles. The van der Waals surface area contributed by atoms with Crippen LogP contribution in [0.2, 0.25) is 0 Å². The maximum absolute atomic E-state index is 13.5. The molecule has 0 aliphatic rings. The van der Waals surface area contributed by atoms with E-state index in [1.54, 1.807) is 26.2 Å². The molecule has 7 heteroatoms. The van der Waals surface area contributed by atoms with Gasteiger partial charge >= 0.3 is 6.03 Å². The van der Waals surface area contributed by atoms with Crippen molar-refractivity contribution < 1.29 is 18.7 Å². The Balaban J connectivity index is 1.76. The van der Waals surface area contributed by atoms with Gasteiger partial charge in [0.1, 0.15) is 11.6 Å². The van der Waals surface area contributed by atoms with Crippen LogP contribution in [-0.2, 0) is 0 Å². The second-order valence-corrected chi connectivity index (χ2v) is 6.35. The highest BCUT2D eigenvalue weighted by atomic mass is 19.1. The summed E-state index contributed by atoms with van der Waals surface area (Å²) < 4.78 is 18.7. The van der Waals surface area contributed by atoms with Gasteiger partial charge in [0.2, 0.25) is 0 Å². The third kappa shape index (κ3) is 5.97. The number of carbonyl (C=O) groups excluding carboxylic acids is 2. The van der Waals surface area contributed by atoms with Crippen LogP contribution < -0.4 is 20.7 Å². The molecule has 0 spiro atoms. The van der Waals surface area contributed by atoms with Crippen LogP contribution in [0.5, 0.6) is 5.75 Å². The van der Waals surface area contributed by atoms with Crippen LogP contribution in [0, 0.1) is 12.7 Å². The Morgan fingerprint density at radius 3 is 2.36 bits per heavy atom. The maximum Gasteiger partial charge on any atom is 0.315 e. The summed E-state index contributed by atoms with van der Waals surface area (Å²) in [6.07, 6.45) is 0.732. The summed E-state index contributed by atoms with van der Waals surface area (Å²) in [5, 5.41) is 8.26. The molecule has 0 aliphatic heterocycles. The van der Waals surface area contributed by atoms with Gasteiger partial charge in [0.25, 0.3) is 5.91 Å². The summed E-state index contributed by atoms with van der Waals surface area (Å²) in [5.41, 5.74) is 1.71. The van der Waals surface area contributed by atoms with Gasteiger partial charge in [-0.15, -0.1) is 0 Å². The Hall–Kier alpha value is -3.09. The summed E-state index contributed by atoms with van der Waals surface area (Å²) >= 11 is 0. The zero-order valence-electron chi connectivity index (χ0n) is 16.3. The summed E-state index contributed by atoms with van der Waals surface area (Å²) in [6, 6.07) is 11.4. The molecule has 1 unspecified atom stereocenters. The third-order valence-corrected chi connectivity index (χ3v) is 4.36. The molecule has 28 heavy (non-hydrogen) atoms. The predicted octanol–water partition coefficient (Wildman–Crippen LogP) is 3.32. The lowest BCUT2D eigenvalue weighted by molar-refractivity contribution is 0.0953. The van der Waals surface area contributed by atoms with E-state index < -0.39 is 5.82 Å². The number of nitrogens with one attached hydrogen (secondary N) is 3. The van der Waals surface area contributed by atoms with Gasteiger partial charge in [0, 0.05) is 18.7 Å². The largest absolute Gasteiger partial charge is 0.497 e. The van der Waals surface area contributed by atoms with E-state index in [1.807, 2.05) is 31.2 Å². The number of methoxy groups -OCH3 is 1. The molecule has 6 nitrogen and oxygen atoms in total. The number of amides is 3. The van der Waals surface area contributed by atoms with E-state index in [9.17, 15) is 14.0 Å². The van der Waals surface area contributed by atoms with Gasteiger partial charge < -0.3 is 20.7 Å². The normalized spacial score (nSPS) is 11.4. The van der Waals surface area contributed by atoms with Gasteiger partial charge in [-0.3, -0.25) is 4.79 Å². The zero-order valence-corrected chi connectivity index (χ0v) is 16.3. The second-order valence-electron chi connectivity index (χ2n) is 6.35. The Labute approximate surface area is 164 Å². The lowest BCUT2D eigenvalue weighted by atomic mass is 10.0. The highest BCUT2D eigenvalue weighted by Crippen LogP contribution is 2.19. The topological polar surface area (TPSA) is 79.5 Å². The molecule has 0 radical (unpaired) electrons. The molecule has 0 aromatic heterocycles. The molecule has 0 fully saturated rings. The van der Waals surface area contributed by atoms with Crippen molar-refractivity contribution >= 4 is 11.9 Å². The zero-order chi connectivity index (χ0) is 20.5. The molecule has 2 aromatic carbocycles. The van der Waals surface area contributed by atoms with Crippen LogP contribution in [0.15, 0.2) is 42.5 Å². The second kappa shape index (κ2) is 10.3. The number of ether oxygens (including phenoxy) is 1. The molecule has 0 heterocycles. The number of aryl methyl sites for hydroxylation is 1.